The van der Waals surface area contributed by atoms with Crippen LogP contribution in [0, 0.1) is 11.6 Å². The summed E-state index contributed by atoms with van der Waals surface area (Å²) in [5.41, 5.74) is -0.602. The first-order valence-corrected chi connectivity index (χ1v) is 8.05. The van der Waals surface area contributed by atoms with E-state index >= 15 is 0 Å². The average Bonchev–Trinajstić information content (AvgIpc) is 2.42. The highest BCUT2D eigenvalue weighted by molar-refractivity contribution is 7.91. The number of rotatable bonds is 7. The molecular weight excluding hydrogens is 304 g/mol. The minimum Gasteiger partial charge on any atom is -0.478 e. The molecule has 21 heavy (non-hydrogen) atoms. The van der Waals surface area contributed by atoms with Crippen LogP contribution in [0.3, 0.4) is 0 Å². The van der Waals surface area contributed by atoms with E-state index in [9.17, 15) is 22.0 Å². The number of carboxylic acid groups (broad SMARTS) is 1. The molecule has 0 unspecified atom stereocenters. The van der Waals surface area contributed by atoms with Crippen LogP contribution < -0.4 is 0 Å². The minimum absolute atomic E-state index is 0.160. The molecule has 0 bridgehead atoms. The number of hydrogen-bond acceptors (Lipinski definition) is 4. The molecule has 0 aliphatic carbocycles. The first-order valence-electron chi connectivity index (χ1n) is 6.40. The van der Waals surface area contributed by atoms with Crippen molar-refractivity contribution in [1.29, 1.82) is 0 Å². The fraction of sp³-hybridized carbons (Fsp3) is 0.462. The number of benzene rings is 1. The molecule has 0 radical (unpaired) electrons. The topological polar surface area (TPSA) is 74.7 Å². The quantitative estimate of drug-likeness (QED) is 0.828. The van der Waals surface area contributed by atoms with E-state index in [-0.39, 0.29) is 6.54 Å². The largest absolute Gasteiger partial charge is 0.478 e. The Morgan fingerprint density at radius 2 is 1.81 bits per heavy atom. The summed E-state index contributed by atoms with van der Waals surface area (Å²) >= 11 is 0. The van der Waals surface area contributed by atoms with Gasteiger partial charge in [0.25, 0.3) is 0 Å². The van der Waals surface area contributed by atoms with E-state index in [0.717, 1.165) is 0 Å². The third kappa shape index (κ3) is 4.21. The van der Waals surface area contributed by atoms with Gasteiger partial charge in [-0.15, -0.1) is 0 Å². The van der Waals surface area contributed by atoms with E-state index in [1.54, 1.807) is 0 Å². The first-order chi connectivity index (χ1) is 9.72. The summed E-state index contributed by atoms with van der Waals surface area (Å²) in [5, 5.41) is 8.79. The third-order valence-electron chi connectivity index (χ3n) is 3.15. The second-order valence-corrected chi connectivity index (χ2v) is 6.50. The Kier molecular flexibility index (Phi) is 5.79. The van der Waals surface area contributed by atoms with Crippen molar-refractivity contribution in [2.24, 2.45) is 0 Å². The van der Waals surface area contributed by atoms with Gasteiger partial charge in [0, 0.05) is 6.54 Å². The summed E-state index contributed by atoms with van der Waals surface area (Å²) in [6, 6.07) is 1.11. The van der Waals surface area contributed by atoms with Crippen LogP contribution in [0.2, 0.25) is 0 Å². The number of sulfone groups is 1. The standard InChI is InChI=1S/C13H17F2NO4S/c1-3-16(4-2)5-6-21(19,20)11-8-9(13(17)18)7-10(14)12(11)15/h7-8H,3-6H2,1-2H3,(H,17,18). The van der Waals surface area contributed by atoms with Gasteiger partial charge in [-0.3, -0.25) is 0 Å². The highest BCUT2D eigenvalue weighted by Crippen LogP contribution is 2.21. The number of aromatic carboxylic acids is 1. The fourth-order valence-corrected chi connectivity index (χ4v) is 3.21. The van der Waals surface area contributed by atoms with Gasteiger partial charge in [0.15, 0.2) is 21.5 Å². The van der Waals surface area contributed by atoms with Gasteiger partial charge in [0.2, 0.25) is 0 Å². The number of carboxylic acids is 1. The van der Waals surface area contributed by atoms with Gasteiger partial charge < -0.3 is 10.0 Å². The molecule has 0 aliphatic heterocycles. The van der Waals surface area contributed by atoms with Crippen molar-refractivity contribution in [3.8, 4) is 0 Å². The fourth-order valence-electron chi connectivity index (χ4n) is 1.81. The van der Waals surface area contributed by atoms with Crippen molar-refractivity contribution in [2.45, 2.75) is 18.7 Å². The summed E-state index contributed by atoms with van der Waals surface area (Å²) in [7, 11) is -4.10. The van der Waals surface area contributed by atoms with Gasteiger partial charge in [-0.05, 0) is 25.2 Å². The summed E-state index contributed by atoms with van der Waals surface area (Å²) in [5.74, 6) is -4.96. The molecule has 1 N–H and O–H groups in total. The highest BCUT2D eigenvalue weighted by Gasteiger charge is 2.25. The third-order valence-corrected chi connectivity index (χ3v) is 4.83. The van der Waals surface area contributed by atoms with Crippen LogP contribution in [-0.4, -0.2) is 49.8 Å². The maximum absolute atomic E-state index is 13.7. The number of hydrogen-bond donors (Lipinski definition) is 1. The molecule has 0 amide bonds. The molecule has 1 aromatic rings. The average molecular weight is 321 g/mol. The molecule has 8 heteroatoms. The molecule has 0 heterocycles. The van der Waals surface area contributed by atoms with Crippen LogP contribution in [0.5, 0.6) is 0 Å². The summed E-state index contributed by atoms with van der Waals surface area (Å²) < 4.78 is 51.2. The van der Waals surface area contributed by atoms with Crippen LogP contribution >= 0.6 is 0 Å². The van der Waals surface area contributed by atoms with Gasteiger partial charge in [-0.1, -0.05) is 13.8 Å². The van der Waals surface area contributed by atoms with Gasteiger partial charge >= 0.3 is 5.97 Å². The van der Waals surface area contributed by atoms with Gasteiger partial charge in [-0.25, -0.2) is 22.0 Å². The Bertz CT molecular complexity index is 627. The maximum Gasteiger partial charge on any atom is 0.335 e. The Balaban J connectivity index is 3.16. The lowest BCUT2D eigenvalue weighted by atomic mass is 10.2. The summed E-state index contributed by atoms with van der Waals surface area (Å²) in [6.45, 7) is 5.10. The molecule has 0 saturated heterocycles. The number of nitrogens with zero attached hydrogens (tertiary/aromatic N) is 1. The van der Waals surface area contributed by atoms with Crippen molar-refractivity contribution in [2.75, 3.05) is 25.4 Å². The van der Waals surface area contributed by atoms with Crippen LogP contribution in [0.25, 0.3) is 0 Å². The van der Waals surface area contributed by atoms with Crippen molar-refractivity contribution in [3.05, 3.63) is 29.3 Å². The van der Waals surface area contributed by atoms with Crippen LogP contribution in [-0.2, 0) is 9.84 Å². The molecule has 1 rings (SSSR count). The molecule has 0 saturated carbocycles. The lowest BCUT2D eigenvalue weighted by molar-refractivity contribution is 0.0696. The van der Waals surface area contributed by atoms with Gasteiger partial charge in [0.05, 0.1) is 11.3 Å². The Morgan fingerprint density at radius 3 is 2.29 bits per heavy atom. The smallest absolute Gasteiger partial charge is 0.335 e. The van der Waals surface area contributed by atoms with Crippen molar-refractivity contribution in [3.63, 3.8) is 0 Å². The zero-order valence-electron chi connectivity index (χ0n) is 11.8. The lowest BCUT2D eigenvalue weighted by Gasteiger charge is -2.17. The predicted molar refractivity (Wildman–Crippen MR) is 73.2 cm³/mol. The first kappa shape index (κ1) is 17.5. The lowest BCUT2D eigenvalue weighted by Crippen LogP contribution is -2.29. The Labute approximate surface area is 122 Å². The van der Waals surface area contributed by atoms with Crippen LogP contribution in [0.1, 0.15) is 24.2 Å². The van der Waals surface area contributed by atoms with Crippen molar-refractivity contribution >= 4 is 15.8 Å². The SMILES string of the molecule is CCN(CC)CCS(=O)(=O)c1cc(C(=O)O)cc(F)c1F. The molecule has 0 aromatic heterocycles. The van der Waals surface area contributed by atoms with E-state index < -0.39 is 43.7 Å². The molecule has 5 nitrogen and oxygen atoms in total. The maximum atomic E-state index is 13.7. The number of halogens is 2. The molecule has 1 aromatic carbocycles. The molecule has 0 aliphatic rings. The van der Waals surface area contributed by atoms with E-state index in [1.165, 1.54) is 0 Å². The highest BCUT2D eigenvalue weighted by atomic mass is 32.2. The number of carbonyl (C=O) groups is 1. The van der Waals surface area contributed by atoms with Crippen LogP contribution in [0.4, 0.5) is 8.78 Å². The molecule has 0 atom stereocenters. The van der Waals surface area contributed by atoms with E-state index in [1.807, 2.05) is 18.7 Å². The molecular formula is C13H17F2NO4S. The predicted octanol–water partition coefficient (Wildman–Crippen LogP) is 1.78. The second-order valence-electron chi connectivity index (χ2n) is 4.42. The van der Waals surface area contributed by atoms with E-state index in [0.29, 0.717) is 25.2 Å². The zero-order chi connectivity index (χ0) is 16.2. The van der Waals surface area contributed by atoms with E-state index in [2.05, 4.69) is 0 Å². The second kappa shape index (κ2) is 6.95. The van der Waals surface area contributed by atoms with Crippen molar-refractivity contribution < 1.29 is 27.1 Å². The summed E-state index contributed by atoms with van der Waals surface area (Å²) in [4.78, 5) is 11.7. The normalized spacial score (nSPS) is 11.9. The monoisotopic (exact) mass is 321 g/mol. The van der Waals surface area contributed by atoms with Crippen LogP contribution in [0.15, 0.2) is 17.0 Å². The van der Waals surface area contributed by atoms with Gasteiger partial charge in [0.1, 0.15) is 4.90 Å². The zero-order valence-corrected chi connectivity index (χ0v) is 12.6. The molecule has 118 valence electrons. The van der Waals surface area contributed by atoms with E-state index in [4.69, 9.17) is 5.11 Å². The van der Waals surface area contributed by atoms with Crippen molar-refractivity contribution in [1.82, 2.24) is 4.90 Å². The minimum atomic E-state index is -4.10. The Hall–Kier alpha value is -1.54. The Morgan fingerprint density at radius 1 is 1.24 bits per heavy atom. The molecule has 0 spiro atoms. The van der Waals surface area contributed by atoms with Gasteiger partial charge in [-0.2, -0.15) is 0 Å². The molecule has 0 fully saturated rings. The summed E-state index contributed by atoms with van der Waals surface area (Å²) in [6.07, 6.45) is 0.